The molecule has 2 aromatic carbocycles. The SMILES string of the molecule is CCOc1cc(C=NNC(=O)c2cc(C(C)(C)C)[nH]n2)ccc1OC(=O)c1ccc([N+](=O)[O-])cc1. The summed E-state index contributed by atoms with van der Waals surface area (Å²) in [7, 11) is 0. The molecule has 182 valence electrons. The molecule has 0 aliphatic rings. The quantitative estimate of drug-likeness (QED) is 0.163. The summed E-state index contributed by atoms with van der Waals surface area (Å²) in [5.74, 6) is -0.697. The maximum absolute atomic E-state index is 12.5. The van der Waals surface area contributed by atoms with Gasteiger partial charge < -0.3 is 9.47 Å². The minimum Gasteiger partial charge on any atom is -0.490 e. The normalized spacial score (nSPS) is 11.3. The number of hydrogen-bond donors (Lipinski definition) is 2. The molecule has 0 unspecified atom stereocenters. The van der Waals surface area contributed by atoms with E-state index in [1.54, 1.807) is 25.1 Å². The molecule has 0 saturated heterocycles. The zero-order valence-corrected chi connectivity index (χ0v) is 19.7. The number of H-pyrrole nitrogens is 1. The second-order valence-electron chi connectivity index (χ2n) is 8.45. The second-order valence-corrected chi connectivity index (χ2v) is 8.45. The monoisotopic (exact) mass is 479 g/mol. The lowest BCUT2D eigenvalue weighted by Crippen LogP contribution is -2.18. The lowest BCUT2D eigenvalue weighted by molar-refractivity contribution is -0.384. The summed E-state index contributed by atoms with van der Waals surface area (Å²) in [6.07, 6.45) is 1.42. The van der Waals surface area contributed by atoms with Crippen LogP contribution in [0.5, 0.6) is 11.5 Å². The smallest absolute Gasteiger partial charge is 0.343 e. The van der Waals surface area contributed by atoms with Crippen LogP contribution in [-0.4, -0.2) is 39.8 Å². The summed E-state index contributed by atoms with van der Waals surface area (Å²) in [6, 6.07) is 11.5. The molecule has 0 bridgehead atoms. The van der Waals surface area contributed by atoms with Crippen LogP contribution in [0.3, 0.4) is 0 Å². The molecule has 35 heavy (non-hydrogen) atoms. The molecule has 0 radical (unpaired) electrons. The number of nitrogens with one attached hydrogen (secondary N) is 2. The lowest BCUT2D eigenvalue weighted by atomic mass is 9.92. The highest BCUT2D eigenvalue weighted by atomic mass is 16.6. The first-order chi connectivity index (χ1) is 16.6. The molecule has 11 heteroatoms. The minimum atomic E-state index is -0.692. The molecule has 0 atom stereocenters. The number of carbonyl (C=O) groups is 2. The number of hydrogen-bond acceptors (Lipinski definition) is 8. The summed E-state index contributed by atoms with van der Waals surface area (Å²) < 4.78 is 11.0. The highest BCUT2D eigenvalue weighted by molar-refractivity contribution is 5.93. The van der Waals surface area contributed by atoms with Gasteiger partial charge in [-0.3, -0.25) is 20.0 Å². The van der Waals surface area contributed by atoms with E-state index < -0.39 is 16.8 Å². The third-order valence-corrected chi connectivity index (χ3v) is 4.78. The molecule has 1 heterocycles. The van der Waals surface area contributed by atoms with Gasteiger partial charge in [0.05, 0.1) is 23.3 Å². The fourth-order valence-electron chi connectivity index (χ4n) is 2.88. The van der Waals surface area contributed by atoms with Gasteiger partial charge in [0.2, 0.25) is 0 Å². The van der Waals surface area contributed by atoms with Gasteiger partial charge in [-0.1, -0.05) is 20.8 Å². The van der Waals surface area contributed by atoms with Gasteiger partial charge in [0, 0.05) is 23.2 Å². The van der Waals surface area contributed by atoms with Crippen LogP contribution in [0.2, 0.25) is 0 Å². The van der Waals surface area contributed by atoms with Gasteiger partial charge in [0.1, 0.15) is 0 Å². The van der Waals surface area contributed by atoms with E-state index in [9.17, 15) is 19.7 Å². The Hall–Kier alpha value is -4.54. The molecule has 11 nitrogen and oxygen atoms in total. The first-order valence-electron chi connectivity index (χ1n) is 10.7. The molecule has 0 saturated carbocycles. The number of amides is 1. The Morgan fingerprint density at radius 1 is 1.14 bits per heavy atom. The first-order valence-corrected chi connectivity index (χ1v) is 10.7. The number of aromatic amines is 1. The number of carbonyl (C=O) groups excluding carboxylic acids is 2. The number of hydrazone groups is 1. The maximum Gasteiger partial charge on any atom is 0.343 e. The van der Waals surface area contributed by atoms with E-state index in [0.29, 0.717) is 17.9 Å². The summed E-state index contributed by atoms with van der Waals surface area (Å²) in [6.45, 7) is 8.10. The number of aromatic nitrogens is 2. The summed E-state index contributed by atoms with van der Waals surface area (Å²) in [5.41, 5.74) is 3.90. The highest BCUT2D eigenvalue weighted by Gasteiger charge is 2.19. The predicted octanol–water partition coefficient (Wildman–Crippen LogP) is 4.00. The molecular formula is C24H25N5O6. The number of benzene rings is 2. The molecular weight excluding hydrogens is 454 g/mol. The number of esters is 1. The maximum atomic E-state index is 12.5. The number of ether oxygens (including phenoxy) is 2. The van der Waals surface area contributed by atoms with Crippen molar-refractivity contribution in [1.82, 2.24) is 15.6 Å². The first kappa shape index (κ1) is 25.1. The Balaban J connectivity index is 1.68. The third-order valence-electron chi connectivity index (χ3n) is 4.78. The number of nitro benzene ring substituents is 1. The van der Waals surface area contributed by atoms with Gasteiger partial charge >= 0.3 is 5.97 Å². The molecule has 1 amide bonds. The van der Waals surface area contributed by atoms with E-state index in [0.717, 1.165) is 5.69 Å². The van der Waals surface area contributed by atoms with Crippen molar-refractivity contribution in [2.75, 3.05) is 6.61 Å². The number of rotatable bonds is 8. The molecule has 3 rings (SSSR count). The third kappa shape index (κ3) is 6.50. The number of non-ortho nitro benzene ring substituents is 1. The average Bonchev–Trinajstić information content (AvgIpc) is 3.32. The number of nitrogens with zero attached hydrogens (tertiary/aromatic N) is 3. The van der Waals surface area contributed by atoms with Crippen molar-refractivity contribution < 1.29 is 24.0 Å². The Morgan fingerprint density at radius 3 is 2.46 bits per heavy atom. The van der Waals surface area contributed by atoms with Crippen molar-refractivity contribution in [3.8, 4) is 11.5 Å². The van der Waals surface area contributed by atoms with Crippen LogP contribution < -0.4 is 14.9 Å². The van der Waals surface area contributed by atoms with Gasteiger partial charge in [-0.2, -0.15) is 10.2 Å². The van der Waals surface area contributed by atoms with Crippen LogP contribution in [0.15, 0.2) is 53.6 Å². The largest absolute Gasteiger partial charge is 0.490 e. The Kier molecular flexibility index (Phi) is 7.59. The van der Waals surface area contributed by atoms with Crippen molar-refractivity contribution in [1.29, 1.82) is 0 Å². The minimum absolute atomic E-state index is 0.130. The fraction of sp³-hybridized carbons (Fsp3) is 0.250. The Bertz CT molecular complexity index is 1260. The van der Waals surface area contributed by atoms with Crippen molar-refractivity contribution >= 4 is 23.8 Å². The average molecular weight is 479 g/mol. The lowest BCUT2D eigenvalue weighted by Gasteiger charge is -2.14. The molecule has 0 fully saturated rings. The molecule has 0 aliphatic heterocycles. The van der Waals surface area contributed by atoms with Crippen molar-refractivity contribution in [3.63, 3.8) is 0 Å². The molecule has 0 spiro atoms. The zero-order chi connectivity index (χ0) is 25.6. The Labute approximate surface area is 201 Å². The standard InChI is InChI=1S/C24H25N5O6/c1-5-34-20-12-15(14-25-28-22(30)18-13-21(27-26-18)24(2,3)4)6-11-19(20)35-23(31)16-7-9-17(10-8-16)29(32)33/h6-14H,5H2,1-4H3,(H,26,27)(H,28,30). The van der Waals surface area contributed by atoms with E-state index in [1.165, 1.54) is 36.5 Å². The van der Waals surface area contributed by atoms with Gasteiger partial charge in [0.15, 0.2) is 17.2 Å². The zero-order valence-electron chi connectivity index (χ0n) is 19.7. The van der Waals surface area contributed by atoms with Gasteiger partial charge in [0.25, 0.3) is 11.6 Å². The van der Waals surface area contributed by atoms with Crippen LogP contribution >= 0.6 is 0 Å². The fourth-order valence-corrected chi connectivity index (χ4v) is 2.88. The van der Waals surface area contributed by atoms with Crippen LogP contribution in [0.4, 0.5) is 5.69 Å². The predicted molar refractivity (Wildman–Crippen MR) is 128 cm³/mol. The van der Waals surface area contributed by atoms with Crippen LogP contribution in [-0.2, 0) is 5.41 Å². The highest BCUT2D eigenvalue weighted by Crippen LogP contribution is 2.29. The van der Waals surface area contributed by atoms with Crippen molar-refractivity contribution in [3.05, 3.63) is 81.2 Å². The topological polar surface area (TPSA) is 149 Å². The van der Waals surface area contributed by atoms with Gasteiger partial charge in [-0.05, 0) is 48.9 Å². The van der Waals surface area contributed by atoms with Gasteiger partial charge in [-0.25, -0.2) is 10.2 Å². The van der Waals surface area contributed by atoms with Crippen molar-refractivity contribution in [2.45, 2.75) is 33.1 Å². The second kappa shape index (κ2) is 10.6. The Morgan fingerprint density at radius 2 is 1.86 bits per heavy atom. The van der Waals surface area contributed by atoms with Crippen molar-refractivity contribution in [2.24, 2.45) is 5.10 Å². The number of nitro groups is 1. The summed E-state index contributed by atoms with van der Waals surface area (Å²) in [4.78, 5) is 35.0. The van der Waals surface area contributed by atoms with Crippen LogP contribution in [0.25, 0.3) is 0 Å². The molecule has 0 aliphatic carbocycles. The van der Waals surface area contributed by atoms with E-state index >= 15 is 0 Å². The molecule has 2 N–H and O–H groups in total. The van der Waals surface area contributed by atoms with Crippen LogP contribution in [0, 0.1) is 10.1 Å². The van der Waals surface area contributed by atoms with Crippen LogP contribution in [0.1, 0.15) is 59.8 Å². The van der Waals surface area contributed by atoms with E-state index in [4.69, 9.17) is 9.47 Å². The van der Waals surface area contributed by atoms with E-state index in [1.807, 2.05) is 20.8 Å². The molecule has 1 aromatic heterocycles. The summed E-state index contributed by atoms with van der Waals surface area (Å²) in [5, 5.41) is 21.6. The summed E-state index contributed by atoms with van der Waals surface area (Å²) >= 11 is 0. The van der Waals surface area contributed by atoms with E-state index in [2.05, 4.69) is 20.7 Å². The van der Waals surface area contributed by atoms with E-state index in [-0.39, 0.29) is 28.1 Å². The van der Waals surface area contributed by atoms with Gasteiger partial charge in [-0.15, -0.1) is 0 Å². The molecule has 3 aromatic rings.